The van der Waals surface area contributed by atoms with Gasteiger partial charge in [-0.15, -0.1) is 0 Å². The monoisotopic (exact) mass is 447 g/mol. The Hall–Kier alpha value is -1.55. The molecule has 0 spiro atoms. The van der Waals surface area contributed by atoms with Crippen LogP contribution in [0.25, 0.3) is 0 Å². The van der Waals surface area contributed by atoms with Crippen LogP contribution in [0.2, 0.25) is 0 Å². The highest BCUT2D eigenvalue weighted by Crippen LogP contribution is 2.42. The summed E-state index contributed by atoms with van der Waals surface area (Å²) in [5.74, 6) is 1.98. The normalized spacial score (nSPS) is 13.7. The summed E-state index contributed by atoms with van der Waals surface area (Å²) in [5.41, 5.74) is 2.18. The molecule has 2 aromatic rings. The number of rotatable bonds is 12. The van der Waals surface area contributed by atoms with Crippen LogP contribution in [0.4, 0.5) is 0 Å². The molecule has 0 radical (unpaired) electrons. The fourth-order valence-electron chi connectivity index (χ4n) is 4.28. The molecular weight excluding hydrogens is 406 g/mol. The molecule has 0 aliphatic rings. The van der Waals surface area contributed by atoms with Crippen molar-refractivity contribution in [2.24, 2.45) is 11.8 Å². The van der Waals surface area contributed by atoms with Crippen LogP contribution in [-0.4, -0.2) is 38.3 Å². The molecule has 0 saturated carbocycles. The van der Waals surface area contributed by atoms with Gasteiger partial charge >= 0.3 is 0 Å². The summed E-state index contributed by atoms with van der Waals surface area (Å²) >= 11 is 0. The molecule has 3 nitrogen and oxygen atoms in total. The van der Waals surface area contributed by atoms with Gasteiger partial charge in [0.15, 0.2) is 0 Å². The van der Waals surface area contributed by atoms with Crippen molar-refractivity contribution in [3.8, 4) is 5.75 Å². The standard InChI is InChI=1S/C27H42NO2.ClH/c1-8-29-19-18-28(6,7)27(21-23(4)5,30-25-15-10-9-11-16-25)26-17-13-12-14-24(26)20-22(2)3;/h9-17,22-23H,8,18-21H2,1-7H3;1H/q+1;/p-1. The SMILES string of the molecule is CCOCC[N+](C)(C)C(CC(C)C)(Oc1ccccc1)c1ccccc1CC(C)C.[Cl-]. The second-order valence-electron chi connectivity index (χ2n) is 9.66. The van der Waals surface area contributed by atoms with Gasteiger partial charge in [-0.3, -0.25) is 4.48 Å². The third kappa shape index (κ3) is 7.24. The molecule has 1 unspecified atom stereocenters. The molecule has 0 bridgehead atoms. The summed E-state index contributed by atoms with van der Waals surface area (Å²) in [6.07, 6.45) is 1.97. The number of halogens is 1. The Morgan fingerprint density at radius 1 is 0.871 bits per heavy atom. The topological polar surface area (TPSA) is 18.5 Å². The number of ether oxygens (including phenoxy) is 2. The van der Waals surface area contributed by atoms with Gasteiger partial charge in [0.05, 0.1) is 26.3 Å². The Balaban J connectivity index is 0.00000480. The smallest absolute Gasteiger partial charge is 0.270 e. The van der Waals surface area contributed by atoms with Crippen molar-refractivity contribution in [3.05, 3.63) is 65.7 Å². The first kappa shape index (κ1) is 27.5. The molecule has 2 rings (SSSR count). The number of benzene rings is 2. The molecule has 0 N–H and O–H groups in total. The van der Waals surface area contributed by atoms with Crippen LogP contribution >= 0.6 is 0 Å². The van der Waals surface area contributed by atoms with Crippen LogP contribution in [0.5, 0.6) is 5.75 Å². The fraction of sp³-hybridized carbons (Fsp3) is 0.556. The van der Waals surface area contributed by atoms with Crippen LogP contribution in [0.1, 0.15) is 52.2 Å². The van der Waals surface area contributed by atoms with Crippen LogP contribution in [0.15, 0.2) is 54.6 Å². The third-order valence-corrected chi connectivity index (χ3v) is 5.76. The van der Waals surface area contributed by atoms with Crippen molar-refractivity contribution < 1.29 is 26.4 Å². The van der Waals surface area contributed by atoms with Crippen molar-refractivity contribution in [2.75, 3.05) is 33.9 Å². The molecule has 2 aromatic carbocycles. The highest BCUT2D eigenvalue weighted by molar-refractivity contribution is 5.34. The minimum atomic E-state index is -0.502. The summed E-state index contributed by atoms with van der Waals surface area (Å²) < 4.78 is 13.5. The zero-order chi connectivity index (χ0) is 22.2. The van der Waals surface area contributed by atoms with Gasteiger partial charge in [-0.05, 0) is 48.9 Å². The lowest BCUT2D eigenvalue weighted by atomic mass is 9.84. The zero-order valence-electron chi connectivity index (χ0n) is 20.5. The number of likely N-dealkylation sites (N-methyl/N-ethyl adjacent to an activating group) is 1. The van der Waals surface area contributed by atoms with Gasteiger partial charge in [-0.25, -0.2) is 0 Å². The second-order valence-corrected chi connectivity index (χ2v) is 9.66. The first-order chi connectivity index (χ1) is 14.2. The van der Waals surface area contributed by atoms with Gasteiger partial charge in [0, 0.05) is 13.0 Å². The van der Waals surface area contributed by atoms with Crippen molar-refractivity contribution in [1.29, 1.82) is 0 Å². The Morgan fingerprint density at radius 3 is 2.06 bits per heavy atom. The van der Waals surface area contributed by atoms with E-state index in [9.17, 15) is 0 Å². The van der Waals surface area contributed by atoms with E-state index in [0.29, 0.717) is 22.9 Å². The Morgan fingerprint density at radius 2 is 1.48 bits per heavy atom. The van der Waals surface area contributed by atoms with Gasteiger partial charge < -0.3 is 21.9 Å². The molecule has 0 aliphatic carbocycles. The maximum Gasteiger partial charge on any atom is 0.270 e. The maximum absolute atomic E-state index is 7.03. The van der Waals surface area contributed by atoms with Crippen molar-refractivity contribution in [1.82, 2.24) is 0 Å². The van der Waals surface area contributed by atoms with E-state index < -0.39 is 5.72 Å². The quantitative estimate of drug-likeness (QED) is 0.282. The summed E-state index contributed by atoms with van der Waals surface area (Å²) in [6.45, 7) is 13.5. The average Bonchev–Trinajstić information content (AvgIpc) is 2.68. The van der Waals surface area contributed by atoms with Crippen molar-refractivity contribution in [3.63, 3.8) is 0 Å². The number of nitrogens with zero attached hydrogens (tertiary/aromatic N) is 1. The predicted octanol–water partition coefficient (Wildman–Crippen LogP) is 3.28. The van der Waals surface area contributed by atoms with Gasteiger partial charge in [0.1, 0.15) is 12.3 Å². The number of hydrogen-bond donors (Lipinski definition) is 0. The van der Waals surface area contributed by atoms with Crippen LogP contribution in [0.3, 0.4) is 0 Å². The van der Waals surface area contributed by atoms with Gasteiger partial charge in [0.25, 0.3) is 5.72 Å². The lowest BCUT2D eigenvalue weighted by molar-refractivity contribution is -0.973. The van der Waals surface area contributed by atoms with Crippen LogP contribution < -0.4 is 17.1 Å². The zero-order valence-corrected chi connectivity index (χ0v) is 21.3. The lowest BCUT2D eigenvalue weighted by Crippen LogP contribution is -3.00. The van der Waals surface area contributed by atoms with Crippen LogP contribution in [-0.2, 0) is 16.9 Å². The van der Waals surface area contributed by atoms with Gasteiger partial charge in [-0.1, -0.05) is 64.1 Å². The third-order valence-electron chi connectivity index (χ3n) is 5.76. The molecule has 0 saturated heterocycles. The van der Waals surface area contributed by atoms with E-state index in [1.54, 1.807) is 0 Å². The first-order valence-corrected chi connectivity index (χ1v) is 11.4. The van der Waals surface area contributed by atoms with Gasteiger partial charge in [0.2, 0.25) is 0 Å². The molecule has 1 atom stereocenters. The van der Waals surface area contributed by atoms with E-state index in [-0.39, 0.29) is 12.4 Å². The molecule has 0 fully saturated rings. The largest absolute Gasteiger partial charge is 1.00 e. The Kier molecular flexibility index (Phi) is 11.1. The van der Waals surface area contributed by atoms with E-state index in [0.717, 1.165) is 31.7 Å². The summed E-state index contributed by atoms with van der Waals surface area (Å²) in [7, 11) is 4.58. The minimum absolute atomic E-state index is 0. The van der Waals surface area contributed by atoms with E-state index in [2.05, 4.69) is 97.2 Å². The number of quaternary nitrogens is 1. The van der Waals surface area contributed by atoms with Crippen molar-refractivity contribution in [2.45, 2.75) is 53.2 Å². The van der Waals surface area contributed by atoms with E-state index in [1.165, 1.54) is 11.1 Å². The van der Waals surface area contributed by atoms with E-state index >= 15 is 0 Å². The highest BCUT2D eigenvalue weighted by Gasteiger charge is 2.51. The molecule has 174 valence electrons. The van der Waals surface area contributed by atoms with Crippen molar-refractivity contribution >= 4 is 0 Å². The summed E-state index contributed by atoms with van der Waals surface area (Å²) in [4.78, 5) is 0. The van der Waals surface area contributed by atoms with E-state index in [4.69, 9.17) is 9.47 Å². The predicted molar refractivity (Wildman–Crippen MR) is 127 cm³/mol. The number of hydrogen-bond acceptors (Lipinski definition) is 2. The molecule has 0 aliphatic heterocycles. The van der Waals surface area contributed by atoms with Gasteiger partial charge in [-0.2, -0.15) is 0 Å². The summed E-state index contributed by atoms with van der Waals surface area (Å²) in [5, 5.41) is 0. The molecule has 0 aromatic heterocycles. The average molecular weight is 448 g/mol. The highest BCUT2D eigenvalue weighted by atomic mass is 35.5. The molecular formula is C27H42ClNO2. The summed E-state index contributed by atoms with van der Waals surface area (Å²) in [6, 6.07) is 19.2. The van der Waals surface area contributed by atoms with E-state index in [1.807, 2.05) is 6.07 Å². The maximum atomic E-state index is 7.03. The minimum Gasteiger partial charge on any atom is -1.00 e. The Bertz CT molecular complexity index is 761. The van der Waals surface area contributed by atoms with Crippen LogP contribution in [0, 0.1) is 11.8 Å². The first-order valence-electron chi connectivity index (χ1n) is 11.4. The molecule has 0 heterocycles. The fourth-order valence-corrected chi connectivity index (χ4v) is 4.28. The molecule has 31 heavy (non-hydrogen) atoms. The lowest BCUT2D eigenvalue weighted by Gasteiger charge is -2.49. The molecule has 0 amide bonds. The number of para-hydroxylation sites is 1. The molecule has 4 heteroatoms. The second kappa shape index (κ2) is 12.5. The Labute approximate surface area is 196 Å².